The van der Waals surface area contributed by atoms with Crippen LogP contribution in [-0.2, 0) is 6.61 Å². The summed E-state index contributed by atoms with van der Waals surface area (Å²) in [5.41, 5.74) is 0.638. The van der Waals surface area contributed by atoms with Gasteiger partial charge in [-0.05, 0) is 18.2 Å². The average Bonchev–Trinajstić information content (AvgIpc) is 2.46. The molecule has 2 rings (SSSR count). The smallest absolute Gasteiger partial charge is 0.270 e. The third-order valence-electron chi connectivity index (χ3n) is 2.74. The SMILES string of the molecule is O=Cc1cccc(F)c1OCc1ccc([N+](=O)[O-])cc1Br. The Kier molecular flexibility index (Phi) is 4.64. The van der Waals surface area contributed by atoms with Crippen LogP contribution >= 0.6 is 15.9 Å². The molecule has 0 saturated heterocycles. The van der Waals surface area contributed by atoms with Gasteiger partial charge in [-0.25, -0.2) is 4.39 Å². The normalized spacial score (nSPS) is 10.2. The zero-order valence-corrected chi connectivity index (χ0v) is 12.2. The summed E-state index contributed by atoms with van der Waals surface area (Å²) in [6.07, 6.45) is 0.503. The van der Waals surface area contributed by atoms with Crippen LogP contribution in [0.25, 0.3) is 0 Å². The molecule has 0 aliphatic rings. The molecule has 2 aromatic rings. The Balaban J connectivity index is 2.21. The van der Waals surface area contributed by atoms with Gasteiger partial charge in [-0.15, -0.1) is 0 Å². The Morgan fingerprint density at radius 3 is 2.71 bits per heavy atom. The van der Waals surface area contributed by atoms with E-state index in [2.05, 4.69) is 15.9 Å². The van der Waals surface area contributed by atoms with Crippen LogP contribution in [0.15, 0.2) is 40.9 Å². The number of carbonyl (C=O) groups excluding carboxylic acids is 1. The summed E-state index contributed by atoms with van der Waals surface area (Å²) in [4.78, 5) is 21.0. The van der Waals surface area contributed by atoms with Gasteiger partial charge in [0, 0.05) is 22.2 Å². The maximum atomic E-state index is 13.6. The predicted molar refractivity (Wildman–Crippen MR) is 76.9 cm³/mol. The summed E-state index contributed by atoms with van der Waals surface area (Å²) in [6.45, 7) is -0.0274. The van der Waals surface area contributed by atoms with Gasteiger partial charge in [0.05, 0.1) is 10.5 Å². The van der Waals surface area contributed by atoms with E-state index in [-0.39, 0.29) is 23.6 Å². The first-order valence-corrected chi connectivity index (χ1v) is 6.61. The van der Waals surface area contributed by atoms with Crippen LogP contribution in [0.4, 0.5) is 10.1 Å². The first-order valence-electron chi connectivity index (χ1n) is 5.82. The minimum Gasteiger partial charge on any atom is -0.485 e. The van der Waals surface area contributed by atoms with Crippen LogP contribution in [0.5, 0.6) is 5.75 Å². The van der Waals surface area contributed by atoms with Crippen LogP contribution in [0.2, 0.25) is 0 Å². The Morgan fingerprint density at radius 2 is 2.10 bits per heavy atom. The second kappa shape index (κ2) is 6.45. The lowest BCUT2D eigenvalue weighted by atomic mass is 10.2. The van der Waals surface area contributed by atoms with Crippen LogP contribution < -0.4 is 4.74 Å². The van der Waals surface area contributed by atoms with E-state index < -0.39 is 10.7 Å². The van der Waals surface area contributed by atoms with E-state index >= 15 is 0 Å². The van der Waals surface area contributed by atoms with Gasteiger partial charge in [0.1, 0.15) is 6.61 Å². The van der Waals surface area contributed by atoms with E-state index in [4.69, 9.17) is 4.74 Å². The first-order chi connectivity index (χ1) is 10.0. The predicted octanol–water partition coefficient (Wildman–Crippen LogP) is 3.89. The highest BCUT2D eigenvalue weighted by molar-refractivity contribution is 9.10. The fraction of sp³-hybridized carbons (Fsp3) is 0.0714. The lowest BCUT2D eigenvalue weighted by molar-refractivity contribution is -0.384. The highest BCUT2D eigenvalue weighted by atomic mass is 79.9. The van der Waals surface area contributed by atoms with Gasteiger partial charge in [0.25, 0.3) is 5.69 Å². The average molecular weight is 354 g/mol. The third-order valence-corrected chi connectivity index (χ3v) is 3.48. The fourth-order valence-corrected chi connectivity index (χ4v) is 2.17. The van der Waals surface area contributed by atoms with Gasteiger partial charge < -0.3 is 4.74 Å². The van der Waals surface area contributed by atoms with Crippen LogP contribution in [0.1, 0.15) is 15.9 Å². The number of nitro groups is 1. The number of hydrogen-bond donors (Lipinski definition) is 0. The summed E-state index contributed by atoms with van der Waals surface area (Å²) in [6, 6.07) is 8.20. The van der Waals surface area contributed by atoms with Crippen LogP contribution in [0.3, 0.4) is 0 Å². The molecule has 21 heavy (non-hydrogen) atoms. The molecule has 2 aromatic carbocycles. The highest BCUT2D eigenvalue weighted by Gasteiger charge is 2.12. The number of nitrogens with zero attached hydrogens (tertiary/aromatic N) is 1. The number of hydrogen-bond acceptors (Lipinski definition) is 4. The van der Waals surface area contributed by atoms with Crippen molar-refractivity contribution in [3.05, 3.63) is 67.9 Å². The molecule has 0 atom stereocenters. The largest absolute Gasteiger partial charge is 0.485 e. The zero-order chi connectivity index (χ0) is 15.4. The molecule has 0 bridgehead atoms. The molecule has 5 nitrogen and oxygen atoms in total. The molecule has 108 valence electrons. The monoisotopic (exact) mass is 353 g/mol. The van der Waals surface area contributed by atoms with Crippen molar-refractivity contribution in [2.45, 2.75) is 6.61 Å². The van der Waals surface area contributed by atoms with Crippen molar-refractivity contribution in [2.24, 2.45) is 0 Å². The Labute approximate surface area is 127 Å². The summed E-state index contributed by atoms with van der Waals surface area (Å²) in [7, 11) is 0. The van der Waals surface area contributed by atoms with Gasteiger partial charge in [0.2, 0.25) is 0 Å². The zero-order valence-electron chi connectivity index (χ0n) is 10.6. The van der Waals surface area contributed by atoms with Crippen molar-refractivity contribution in [2.75, 3.05) is 0 Å². The van der Waals surface area contributed by atoms with Crippen molar-refractivity contribution >= 4 is 27.9 Å². The van der Waals surface area contributed by atoms with Crippen molar-refractivity contribution in [1.29, 1.82) is 0 Å². The molecule has 0 aliphatic carbocycles. The number of carbonyl (C=O) groups is 1. The van der Waals surface area contributed by atoms with Gasteiger partial charge in [-0.2, -0.15) is 0 Å². The minimum atomic E-state index is -0.641. The highest BCUT2D eigenvalue weighted by Crippen LogP contribution is 2.26. The number of ether oxygens (including phenoxy) is 1. The van der Waals surface area contributed by atoms with E-state index in [9.17, 15) is 19.3 Å². The Bertz CT molecular complexity index is 705. The van der Waals surface area contributed by atoms with E-state index in [0.717, 1.165) is 0 Å². The van der Waals surface area contributed by atoms with E-state index in [1.807, 2.05) is 0 Å². The maximum absolute atomic E-state index is 13.6. The van der Waals surface area contributed by atoms with E-state index in [1.54, 1.807) is 0 Å². The number of halogens is 2. The second-order valence-electron chi connectivity index (χ2n) is 4.10. The summed E-state index contributed by atoms with van der Waals surface area (Å²) >= 11 is 3.20. The number of benzene rings is 2. The van der Waals surface area contributed by atoms with Crippen molar-refractivity contribution < 1.29 is 18.8 Å². The summed E-state index contributed by atoms with van der Waals surface area (Å²) in [5, 5.41) is 10.6. The number of para-hydroxylation sites is 1. The lowest BCUT2D eigenvalue weighted by Crippen LogP contribution is -2.01. The third kappa shape index (κ3) is 3.43. The quantitative estimate of drug-likeness (QED) is 0.464. The molecule has 7 heteroatoms. The Morgan fingerprint density at radius 1 is 1.33 bits per heavy atom. The molecule has 0 unspecified atom stereocenters. The number of non-ortho nitro benzene ring substituents is 1. The standard InChI is InChI=1S/C14H9BrFNO4/c15-12-6-11(17(19)20)5-4-10(12)8-21-14-9(7-18)2-1-3-13(14)16/h1-7H,8H2. The minimum absolute atomic E-state index is 0.0274. The number of aldehydes is 1. The molecule has 0 saturated carbocycles. The molecular weight excluding hydrogens is 345 g/mol. The number of rotatable bonds is 5. The van der Waals surface area contributed by atoms with Crippen LogP contribution in [-0.4, -0.2) is 11.2 Å². The Hall–Kier alpha value is -2.28. The van der Waals surface area contributed by atoms with Gasteiger partial charge in [0.15, 0.2) is 17.9 Å². The molecule has 0 N–H and O–H groups in total. The molecule has 0 amide bonds. The lowest BCUT2D eigenvalue weighted by Gasteiger charge is -2.10. The molecule has 0 heterocycles. The topological polar surface area (TPSA) is 69.4 Å². The molecule has 0 aromatic heterocycles. The summed E-state index contributed by atoms with van der Waals surface area (Å²) in [5.74, 6) is -0.782. The van der Waals surface area contributed by atoms with Gasteiger partial charge >= 0.3 is 0 Å². The molecule has 0 fully saturated rings. The molecule has 0 spiro atoms. The fourth-order valence-electron chi connectivity index (χ4n) is 1.69. The van der Waals surface area contributed by atoms with E-state index in [0.29, 0.717) is 16.3 Å². The molecular formula is C14H9BrFNO4. The van der Waals surface area contributed by atoms with E-state index in [1.165, 1.54) is 36.4 Å². The first kappa shape index (κ1) is 15.1. The van der Waals surface area contributed by atoms with Crippen molar-refractivity contribution in [1.82, 2.24) is 0 Å². The van der Waals surface area contributed by atoms with Crippen molar-refractivity contribution in [3.8, 4) is 5.75 Å². The van der Waals surface area contributed by atoms with Crippen molar-refractivity contribution in [3.63, 3.8) is 0 Å². The van der Waals surface area contributed by atoms with Crippen LogP contribution in [0, 0.1) is 15.9 Å². The summed E-state index contributed by atoms with van der Waals surface area (Å²) < 4.78 is 19.4. The van der Waals surface area contributed by atoms with Gasteiger partial charge in [-0.1, -0.05) is 22.0 Å². The number of nitro benzene ring substituents is 1. The molecule has 0 radical (unpaired) electrons. The maximum Gasteiger partial charge on any atom is 0.270 e. The second-order valence-corrected chi connectivity index (χ2v) is 4.95. The van der Waals surface area contributed by atoms with Gasteiger partial charge in [-0.3, -0.25) is 14.9 Å². The molecule has 0 aliphatic heterocycles.